The number of carboxylic acids is 6. The molecule has 0 bridgehead atoms. The van der Waals surface area contributed by atoms with Gasteiger partial charge in [0, 0.05) is 19.4 Å². The average molecular weight is 589 g/mol. The third-order valence-corrected chi connectivity index (χ3v) is 3.98. The number of rotatable bonds is 16. The van der Waals surface area contributed by atoms with Crippen molar-refractivity contribution in [1.29, 1.82) is 0 Å². The fraction of sp³-hybridized carbons (Fsp3) is 0.727. The Labute approximate surface area is 232 Å². The molecule has 0 fully saturated rings. The van der Waals surface area contributed by atoms with E-state index < -0.39 is 53.9 Å². The lowest BCUT2D eigenvalue weighted by atomic mass is 10.1. The van der Waals surface area contributed by atoms with E-state index in [1.165, 1.54) is 0 Å². The minimum absolute atomic E-state index is 0.0694. The van der Waals surface area contributed by atoms with Crippen molar-refractivity contribution in [3.05, 3.63) is 0 Å². The number of carbonyl (C=O) groups is 6. The van der Waals surface area contributed by atoms with E-state index in [1.54, 1.807) is 6.92 Å². The van der Waals surface area contributed by atoms with E-state index >= 15 is 0 Å². The van der Waals surface area contributed by atoms with Crippen molar-refractivity contribution >= 4 is 35.8 Å². The summed E-state index contributed by atoms with van der Waals surface area (Å²) in [6.45, 7) is 2.76. The molecule has 40 heavy (non-hydrogen) atoms. The molecule has 3 unspecified atom stereocenters. The lowest BCUT2D eigenvalue weighted by Gasteiger charge is -2.03. The van der Waals surface area contributed by atoms with Crippen LogP contribution in [-0.2, 0) is 28.8 Å². The first-order chi connectivity index (χ1) is 18.4. The highest BCUT2D eigenvalue weighted by Crippen LogP contribution is 2.02. The highest BCUT2D eigenvalue weighted by Gasteiger charge is 2.10. The van der Waals surface area contributed by atoms with Crippen molar-refractivity contribution in [3.8, 4) is 0 Å². The van der Waals surface area contributed by atoms with Crippen LogP contribution in [0, 0.1) is 0 Å². The molecule has 0 saturated carbocycles. The zero-order valence-corrected chi connectivity index (χ0v) is 22.8. The number of nitrogens with two attached hydrogens (primary N) is 6. The molecule has 238 valence electrons. The predicted octanol–water partition coefficient (Wildman–Crippen LogP) is -2.17. The summed E-state index contributed by atoms with van der Waals surface area (Å²) in [7, 11) is 0. The van der Waals surface area contributed by atoms with Gasteiger partial charge in [-0.3, -0.25) is 28.8 Å². The van der Waals surface area contributed by atoms with Crippen molar-refractivity contribution < 1.29 is 59.4 Å². The molecule has 0 aliphatic heterocycles. The predicted molar refractivity (Wildman–Crippen MR) is 144 cm³/mol. The molecular formula is C22H48N6O12. The van der Waals surface area contributed by atoms with Crippen LogP contribution < -0.4 is 34.4 Å². The lowest BCUT2D eigenvalue weighted by Crippen LogP contribution is -2.32. The van der Waals surface area contributed by atoms with Crippen molar-refractivity contribution in [1.82, 2.24) is 0 Å². The van der Waals surface area contributed by atoms with Crippen LogP contribution >= 0.6 is 0 Å². The van der Waals surface area contributed by atoms with Crippen molar-refractivity contribution in [3.63, 3.8) is 0 Å². The van der Waals surface area contributed by atoms with Gasteiger partial charge in [0.05, 0.1) is 6.42 Å². The van der Waals surface area contributed by atoms with Crippen molar-refractivity contribution in [2.45, 2.75) is 82.8 Å². The zero-order valence-electron chi connectivity index (χ0n) is 22.8. The lowest BCUT2D eigenvalue weighted by molar-refractivity contribution is -0.139. The summed E-state index contributed by atoms with van der Waals surface area (Å²) < 4.78 is 0. The first kappa shape index (κ1) is 46.4. The maximum absolute atomic E-state index is 10.2. The Balaban J connectivity index is -0.000000131. The first-order valence-electron chi connectivity index (χ1n) is 12.1. The fourth-order valence-corrected chi connectivity index (χ4v) is 1.62. The van der Waals surface area contributed by atoms with Crippen LogP contribution in [0.2, 0.25) is 0 Å². The molecule has 0 heterocycles. The highest BCUT2D eigenvalue weighted by molar-refractivity contribution is 5.73. The molecule has 18 heteroatoms. The van der Waals surface area contributed by atoms with E-state index in [1.807, 2.05) is 0 Å². The number of carboxylic acid groups (broad SMARTS) is 6. The van der Waals surface area contributed by atoms with Gasteiger partial charge in [-0.05, 0) is 45.2 Å². The molecular weight excluding hydrogens is 540 g/mol. The summed E-state index contributed by atoms with van der Waals surface area (Å²) in [6.07, 6.45) is 3.11. The molecule has 0 aliphatic carbocycles. The van der Waals surface area contributed by atoms with Crippen LogP contribution in [0.15, 0.2) is 0 Å². The van der Waals surface area contributed by atoms with Gasteiger partial charge in [-0.2, -0.15) is 0 Å². The molecule has 0 radical (unpaired) electrons. The molecule has 0 rings (SSSR count). The van der Waals surface area contributed by atoms with E-state index in [0.717, 1.165) is 0 Å². The molecule has 0 aromatic rings. The van der Waals surface area contributed by atoms with Gasteiger partial charge in [0.15, 0.2) is 0 Å². The van der Waals surface area contributed by atoms with Crippen molar-refractivity contribution in [2.75, 3.05) is 19.6 Å². The quantitative estimate of drug-likeness (QED) is 0.0852. The number of unbranched alkanes of at least 4 members (excludes halogenated alkanes) is 1. The number of hydrogen-bond donors (Lipinski definition) is 12. The van der Waals surface area contributed by atoms with Crippen LogP contribution in [0.25, 0.3) is 0 Å². The maximum atomic E-state index is 10.2. The Morgan fingerprint density at radius 2 is 0.875 bits per heavy atom. The average Bonchev–Trinajstić information content (AvgIpc) is 2.85. The minimum atomic E-state index is -1.04. The maximum Gasteiger partial charge on any atom is 0.320 e. The topological polar surface area (TPSA) is 380 Å². The third-order valence-electron chi connectivity index (χ3n) is 3.98. The van der Waals surface area contributed by atoms with Gasteiger partial charge in [-0.25, -0.2) is 0 Å². The fourth-order valence-electron chi connectivity index (χ4n) is 1.62. The van der Waals surface area contributed by atoms with E-state index in [0.29, 0.717) is 51.6 Å². The van der Waals surface area contributed by atoms with Gasteiger partial charge in [-0.1, -0.05) is 13.3 Å². The molecule has 0 aliphatic rings. The molecule has 3 atom stereocenters. The summed E-state index contributed by atoms with van der Waals surface area (Å²) in [5.74, 6) is -5.43. The summed E-state index contributed by atoms with van der Waals surface area (Å²) in [5.41, 5.74) is 30.1. The van der Waals surface area contributed by atoms with Gasteiger partial charge < -0.3 is 65.0 Å². The number of hydrogen-bond acceptors (Lipinski definition) is 12. The normalized spacial score (nSPS) is 11.5. The van der Waals surface area contributed by atoms with E-state index in [-0.39, 0.29) is 25.8 Å². The highest BCUT2D eigenvalue weighted by atomic mass is 16.4. The number of aliphatic carboxylic acids is 6. The van der Waals surface area contributed by atoms with Crippen LogP contribution in [-0.4, -0.2) is 104 Å². The second kappa shape index (κ2) is 33.6. The molecule has 18 nitrogen and oxygen atoms in total. The van der Waals surface area contributed by atoms with Gasteiger partial charge in [0.1, 0.15) is 18.1 Å². The van der Waals surface area contributed by atoms with Gasteiger partial charge >= 0.3 is 35.8 Å². The SMILES string of the molecule is CCC(N)C(=O)O.NC(CCCCC(=O)O)C(=O)O.NCCC(=O)O.NCCC(N)C(=O)O.NCCCC(=O)O. The molecule has 0 aromatic heterocycles. The van der Waals surface area contributed by atoms with E-state index in [4.69, 9.17) is 65.0 Å². The van der Waals surface area contributed by atoms with Gasteiger partial charge in [0.25, 0.3) is 0 Å². The minimum Gasteiger partial charge on any atom is -0.481 e. The van der Waals surface area contributed by atoms with E-state index in [9.17, 15) is 28.8 Å². The Bertz CT molecular complexity index is 697. The molecule has 0 aromatic carbocycles. The van der Waals surface area contributed by atoms with Crippen molar-refractivity contribution in [2.24, 2.45) is 34.4 Å². The Morgan fingerprint density at radius 3 is 1.05 bits per heavy atom. The molecule has 0 spiro atoms. The van der Waals surface area contributed by atoms with Gasteiger partial charge in [-0.15, -0.1) is 0 Å². The summed E-state index contributed by atoms with van der Waals surface area (Å²) in [5, 5.41) is 48.6. The molecule has 0 amide bonds. The Morgan fingerprint density at radius 1 is 0.500 bits per heavy atom. The monoisotopic (exact) mass is 588 g/mol. The largest absolute Gasteiger partial charge is 0.481 e. The molecule has 0 saturated heterocycles. The van der Waals surface area contributed by atoms with E-state index in [2.05, 4.69) is 0 Å². The Kier molecular flexibility index (Phi) is 39.0. The summed E-state index contributed by atoms with van der Waals surface area (Å²) in [6, 6.07) is -2.33. The summed E-state index contributed by atoms with van der Waals surface area (Å²) in [4.78, 5) is 59.2. The van der Waals surface area contributed by atoms with Crippen LogP contribution in [0.3, 0.4) is 0 Å². The van der Waals surface area contributed by atoms with Gasteiger partial charge in [0.2, 0.25) is 0 Å². The molecule has 18 N–H and O–H groups in total. The second-order valence-electron chi connectivity index (χ2n) is 7.68. The Hall–Kier alpha value is -3.42. The zero-order chi connectivity index (χ0) is 32.7. The summed E-state index contributed by atoms with van der Waals surface area (Å²) >= 11 is 0. The second-order valence-corrected chi connectivity index (χ2v) is 7.68. The van der Waals surface area contributed by atoms with Crippen LogP contribution in [0.4, 0.5) is 0 Å². The van der Waals surface area contributed by atoms with Crippen LogP contribution in [0.1, 0.15) is 64.7 Å². The first-order valence-corrected chi connectivity index (χ1v) is 12.1. The smallest absolute Gasteiger partial charge is 0.320 e. The van der Waals surface area contributed by atoms with Crippen LogP contribution in [0.5, 0.6) is 0 Å². The standard InChI is InChI=1S/C7H13NO4.C4H10N2O2.2C4H9NO2.C3H7NO2/c8-5(7(11)12)3-1-2-4-6(9)10;5-2-1-3(6)4(7)8;1-2-3(5)4(6)7;5-3-1-2-4(6)7;4-2-1-3(5)6/h5H,1-4,8H2,(H,9,10)(H,11,12);3H,1-2,5-6H2,(H,7,8);3H,2,5H2,1H3,(H,6,7);1-3,5H2,(H,6,7);1-2,4H2,(H,5,6). The third kappa shape index (κ3) is 51.3.